The number of aromatic carboxylic acids is 1. The SMILES string of the molecule is O=C(O)c1cnc(NC2CCOCC2)cn1. The number of nitrogens with zero attached hydrogens (tertiary/aromatic N) is 2. The molecule has 0 radical (unpaired) electrons. The van der Waals surface area contributed by atoms with Crippen LogP contribution in [0.15, 0.2) is 12.4 Å². The molecule has 0 spiro atoms. The summed E-state index contributed by atoms with van der Waals surface area (Å²) in [5, 5.41) is 11.9. The number of carbonyl (C=O) groups is 1. The van der Waals surface area contributed by atoms with Crippen molar-refractivity contribution >= 4 is 11.8 Å². The summed E-state index contributed by atoms with van der Waals surface area (Å²) < 4.78 is 5.23. The summed E-state index contributed by atoms with van der Waals surface area (Å²) in [6.45, 7) is 1.50. The van der Waals surface area contributed by atoms with Crippen LogP contribution in [-0.4, -0.2) is 40.3 Å². The molecule has 1 aliphatic heterocycles. The van der Waals surface area contributed by atoms with Crippen LogP contribution in [0.3, 0.4) is 0 Å². The predicted molar refractivity (Wildman–Crippen MR) is 56.5 cm³/mol. The van der Waals surface area contributed by atoms with Crippen LogP contribution in [-0.2, 0) is 4.74 Å². The Balaban J connectivity index is 1.96. The van der Waals surface area contributed by atoms with Crippen molar-refractivity contribution < 1.29 is 14.6 Å². The number of hydrogen-bond acceptors (Lipinski definition) is 5. The van der Waals surface area contributed by atoms with Gasteiger partial charge in [0.05, 0.1) is 12.4 Å². The third kappa shape index (κ3) is 2.66. The van der Waals surface area contributed by atoms with Gasteiger partial charge in [0.2, 0.25) is 0 Å². The summed E-state index contributed by atoms with van der Waals surface area (Å²) in [6.07, 6.45) is 4.56. The number of carboxylic acid groups (broad SMARTS) is 1. The highest BCUT2D eigenvalue weighted by atomic mass is 16.5. The van der Waals surface area contributed by atoms with Gasteiger partial charge in [-0.1, -0.05) is 0 Å². The third-order valence-corrected chi connectivity index (χ3v) is 2.44. The van der Waals surface area contributed by atoms with E-state index in [0.717, 1.165) is 26.1 Å². The van der Waals surface area contributed by atoms with E-state index in [9.17, 15) is 4.79 Å². The van der Waals surface area contributed by atoms with Crippen LogP contribution in [0.4, 0.5) is 5.82 Å². The maximum absolute atomic E-state index is 10.6. The molecule has 0 aromatic carbocycles. The average Bonchev–Trinajstić information content (AvgIpc) is 2.31. The molecule has 0 aliphatic carbocycles. The quantitative estimate of drug-likeness (QED) is 0.787. The highest BCUT2D eigenvalue weighted by Crippen LogP contribution is 2.12. The van der Waals surface area contributed by atoms with E-state index in [4.69, 9.17) is 9.84 Å². The third-order valence-electron chi connectivity index (χ3n) is 2.44. The minimum absolute atomic E-state index is 0.0440. The lowest BCUT2D eigenvalue weighted by Crippen LogP contribution is -2.28. The summed E-state index contributed by atoms with van der Waals surface area (Å²) >= 11 is 0. The van der Waals surface area contributed by atoms with E-state index >= 15 is 0 Å². The van der Waals surface area contributed by atoms with Gasteiger partial charge in [-0.2, -0.15) is 0 Å². The van der Waals surface area contributed by atoms with Crippen LogP contribution < -0.4 is 5.32 Å². The lowest BCUT2D eigenvalue weighted by atomic mass is 10.1. The molecule has 2 N–H and O–H groups in total. The zero-order chi connectivity index (χ0) is 11.4. The number of rotatable bonds is 3. The fourth-order valence-electron chi connectivity index (χ4n) is 1.56. The molecule has 6 heteroatoms. The van der Waals surface area contributed by atoms with Gasteiger partial charge in [-0.3, -0.25) is 0 Å². The minimum Gasteiger partial charge on any atom is -0.476 e. The van der Waals surface area contributed by atoms with Crippen molar-refractivity contribution in [2.75, 3.05) is 18.5 Å². The molecular weight excluding hydrogens is 210 g/mol. The van der Waals surface area contributed by atoms with Crippen LogP contribution in [0.5, 0.6) is 0 Å². The van der Waals surface area contributed by atoms with Crippen molar-refractivity contribution in [3.05, 3.63) is 18.1 Å². The van der Waals surface area contributed by atoms with E-state index < -0.39 is 5.97 Å². The second kappa shape index (κ2) is 4.89. The molecule has 1 aliphatic rings. The Hall–Kier alpha value is -1.69. The lowest BCUT2D eigenvalue weighted by molar-refractivity contribution is 0.0690. The van der Waals surface area contributed by atoms with E-state index in [1.807, 2.05) is 0 Å². The number of nitrogens with one attached hydrogen (secondary N) is 1. The first-order valence-electron chi connectivity index (χ1n) is 5.15. The second-order valence-corrected chi connectivity index (χ2v) is 3.62. The zero-order valence-electron chi connectivity index (χ0n) is 8.72. The van der Waals surface area contributed by atoms with Gasteiger partial charge in [0.25, 0.3) is 0 Å². The monoisotopic (exact) mass is 223 g/mol. The van der Waals surface area contributed by atoms with Crippen molar-refractivity contribution in [1.29, 1.82) is 0 Å². The molecule has 2 heterocycles. The van der Waals surface area contributed by atoms with Gasteiger partial charge in [-0.15, -0.1) is 0 Å². The van der Waals surface area contributed by atoms with Gasteiger partial charge in [0, 0.05) is 19.3 Å². The first-order valence-corrected chi connectivity index (χ1v) is 5.15. The lowest BCUT2D eigenvalue weighted by Gasteiger charge is -2.23. The molecule has 0 amide bonds. The van der Waals surface area contributed by atoms with Crippen LogP contribution in [0.25, 0.3) is 0 Å². The number of carboxylic acids is 1. The number of anilines is 1. The molecule has 0 unspecified atom stereocenters. The molecule has 0 bridgehead atoms. The highest BCUT2D eigenvalue weighted by Gasteiger charge is 2.14. The van der Waals surface area contributed by atoms with Crippen molar-refractivity contribution in [2.24, 2.45) is 0 Å². The Morgan fingerprint density at radius 3 is 2.69 bits per heavy atom. The summed E-state index contributed by atoms with van der Waals surface area (Å²) in [4.78, 5) is 18.3. The van der Waals surface area contributed by atoms with Gasteiger partial charge in [-0.05, 0) is 12.8 Å². The number of aromatic nitrogens is 2. The highest BCUT2D eigenvalue weighted by molar-refractivity contribution is 5.84. The van der Waals surface area contributed by atoms with E-state index in [1.165, 1.54) is 12.4 Å². The first-order chi connectivity index (χ1) is 7.75. The van der Waals surface area contributed by atoms with Crippen LogP contribution in [0, 0.1) is 0 Å². The molecule has 0 atom stereocenters. The summed E-state index contributed by atoms with van der Waals surface area (Å²) in [6, 6.07) is 0.332. The Morgan fingerprint density at radius 1 is 1.38 bits per heavy atom. The van der Waals surface area contributed by atoms with Crippen molar-refractivity contribution in [3.8, 4) is 0 Å². The molecule has 16 heavy (non-hydrogen) atoms. The Morgan fingerprint density at radius 2 is 2.12 bits per heavy atom. The molecule has 0 saturated carbocycles. The normalized spacial score (nSPS) is 17.0. The molecule has 1 aromatic rings. The molecule has 1 aromatic heterocycles. The maximum atomic E-state index is 10.6. The van der Waals surface area contributed by atoms with Gasteiger partial charge in [-0.25, -0.2) is 14.8 Å². The smallest absolute Gasteiger partial charge is 0.356 e. The molecular formula is C10H13N3O3. The molecule has 1 fully saturated rings. The Kier molecular flexibility index (Phi) is 3.31. The summed E-state index contributed by atoms with van der Waals surface area (Å²) in [5.74, 6) is -0.456. The first kappa shape index (κ1) is 10.8. The Bertz CT molecular complexity index is 360. The van der Waals surface area contributed by atoms with Gasteiger partial charge in [0.1, 0.15) is 5.82 Å². The number of ether oxygens (including phenoxy) is 1. The van der Waals surface area contributed by atoms with E-state index in [1.54, 1.807) is 0 Å². The average molecular weight is 223 g/mol. The van der Waals surface area contributed by atoms with Gasteiger partial charge < -0.3 is 15.2 Å². The Labute approximate surface area is 92.7 Å². The molecule has 1 saturated heterocycles. The largest absolute Gasteiger partial charge is 0.476 e. The van der Waals surface area contributed by atoms with Crippen molar-refractivity contribution in [1.82, 2.24) is 9.97 Å². The predicted octanol–water partition coefficient (Wildman–Crippen LogP) is 0.766. The topological polar surface area (TPSA) is 84.3 Å². The van der Waals surface area contributed by atoms with E-state index in [-0.39, 0.29) is 5.69 Å². The van der Waals surface area contributed by atoms with Crippen LogP contribution in [0.2, 0.25) is 0 Å². The molecule has 6 nitrogen and oxygen atoms in total. The second-order valence-electron chi connectivity index (χ2n) is 3.62. The van der Waals surface area contributed by atoms with Crippen LogP contribution >= 0.6 is 0 Å². The van der Waals surface area contributed by atoms with Gasteiger partial charge in [0.15, 0.2) is 5.69 Å². The molecule has 2 rings (SSSR count). The van der Waals surface area contributed by atoms with E-state index in [0.29, 0.717) is 11.9 Å². The zero-order valence-corrected chi connectivity index (χ0v) is 8.72. The van der Waals surface area contributed by atoms with Crippen molar-refractivity contribution in [2.45, 2.75) is 18.9 Å². The van der Waals surface area contributed by atoms with Crippen LogP contribution in [0.1, 0.15) is 23.3 Å². The molecule has 86 valence electrons. The van der Waals surface area contributed by atoms with Crippen molar-refractivity contribution in [3.63, 3.8) is 0 Å². The summed E-state index contributed by atoms with van der Waals surface area (Å²) in [5.41, 5.74) is -0.0440. The van der Waals surface area contributed by atoms with Gasteiger partial charge >= 0.3 is 5.97 Å². The minimum atomic E-state index is -1.06. The maximum Gasteiger partial charge on any atom is 0.356 e. The summed E-state index contributed by atoms with van der Waals surface area (Å²) in [7, 11) is 0. The number of hydrogen-bond donors (Lipinski definition) is 2. The standard InChI is InChI=1S/C10H13N3O3/c14-10(15)8-5-12-9(6-11-8)13-7-1-3-16-4-2-7/h5-7H,1-4H2,(H,12,13)(H,14,15). The fourth-order valence-corrected chi connectivity index (χ4v) is 1.56. The fraction of sp³-hybridized carbons (Fsp3) is 0.500. The van der Waals surface area contributed by atoms with E-state index in [2.05, 4.69) is 15.3 Å².